The number of rotatable bonds is 2. The zero-order valence-electron chi connectivity index (χ0n) is 9.97. The predicted octanol–water partition coefficient (Wildman–Crippen LogP) is 3.04. The lowest BCUT2D eigenvalue weighted by Crippen LogP contribution is -2.12. The summed E-state index contributed by atoms with van der Waals surface area (Å²) in [5.41, 5.74) is 0.327. The molecule has 0 radical (unpaired) electrons. The minimum Gasteiger partial charge on any atom is -0.477 e. The maximum Gasteiger partial charge on any atom is 0.351 e. The van der Waals surface area contributed by atoms with Crippen molar-refractivity contribution in [3.8, 4) is 0 Å². The molecule has 2 rings (SSSR count). The first-order valence-electron chi connectivity index (χ1n) is 5.30. The second-order valence-electron chi connectivity index (χ2n) is 4.20. The first kappa shape index (κ1) is 14.3. The number of benzene rings is 1. The van der Waals surface area contributed by atoms with Crippen LogP contribution >= 0.6 is 12.4 Å². The zero-order valence-corrected chi connectivity index (χ0v) is 10.8. The average Bonchev–Trinajstić information content (AvgIpc) is 2.27. The van der Waals surface area contributed by atoms with Crippen molar-refractivity contribution in [3.63, 3.8) is 0 Å². The zero-order chi connectivity index (χ0) is 12.6. The summed E-state index contributed by atoms with van der Waals surface area (Å²) < 4.78 is 4.95. The molecule has 0 aliphatic rings. The van der Waals surface area contributed by atoms with Gasteiger partial charge in [-0.3, -0.25) is 0 Å². The van der Waals surface area contributed by atoms with Gasteiger partial charge < -0.3 is 9.52 Å². The molecule has 0 atom stereocenters. The number of carbonyl (C=O) groups is 1. The third-order valence-corrected chi connectivity index (χ3v) is 2.65. The lowest BCUT2D eigenvalue weighted by molar-refractivity contribution is 0.0692. The van der Waals surface area contributed by atoms with Gasteiger partial charge in [-0.2, -0.15) is 0 Å². The standard InChI is InChI=1S/C13H12O4.ClH/c1-7(2)8-3-4-11-9(5-8)6-10(12(14)15)13(16)17-11;/h3-7H,1-2H3,(H,14,15);1H. The molecule has 0 spiro atoms. The molecular weight excluding hydrogens is 256 g/mol. The van der Waals surface area contributed by atoms with Crippen molar-refractivity contribution in [1.29, 1.82) is 0 Å². The molecule has 1 N–H and O–H groups in total. The summed E-state index contributed by atoms with van der Waals surface area (Å²) in [6, 6.07) is 6.76. The molecule has 0 fully saturated rings. The molecule has 18 heavy (non-hydrogen) atoms. The first-order chi connectivity index (χ1) is 7.99. The van der Waals surface area contributed by atoms with Gasteiger partial charge in [-0.1, -0.05) is 19.9 Å². The molecule has 0 amide bonds. The Kier molecular flexibility index (Phi) is 4.14. The van der Waals surface area contributed by atoms with Crippen LogP contribution in [0.5, 0.6) is 0 Å². The van der Waals surface area contributed by atoms with Gasteiger partial charge in [0, 0.05) is 5.39 Å². The fourth-order valence-corrected chi connectivity index (χ4v) is 1.65. The highest BCUT2D eigenvalue weighted by Crippen LogP contribution is 2.21. The smallest absolute Gasteiger partial charge is 0.351 e. The minimum absolute atomic E-state index is 0. The lowest BCUT2D eigenvalue weighted by Gasteiger charge is -2.06. The van der Waals surface area contributed by atoms with Gasteiger partial charge in [0.05, 0.1) is 0 Å². The molecule has 0 saturated carbocycles. The van der Waals surface area contributed by atoms with Crippen molar-refractivity contribution in [2.24, 2.45) is 0 Å². The molecule has 1 aromatic heterocycles. The molecule has 0 bridgehead atoms. The van der Waals surface area contributed by atoms with Gasteiger partial charge in [-0.05, 0) is 29.7 Å². The molecule has 0 unspecified atom stereocenters. The molecule has 96 valence electrons. The highest BCUT2D eigenvalue weighted by Gasteiger charge is 2.12. The Balaban J connectivity index is 0.00000162. The van der Waals surface area contributed by atoms with E-state index in [4.69, 9.17) is 9.52 Å². The molecule has 2 aromatic rings. The lowest BCUT2D eigenvalue weighted by atomic mass is 10.0. The van der Waals surface area contributed by atoms with Crippen LogP contribution in [-0.2, 0) is 0 Å². The van der Waals surface area contributed by atoms with Gasteiger partial charge in [0.15, 0.2) is 0 Å². The van der Waals surface area contributed by atoms with E-state index in [0.717, 1.165) is 5.56 Å². The third-order valence-electron chi connectivity index (χ3n) is 2.65. The van der Waals surface area contributed by atoms with E-state index in [-0.39, 0.29) is 18.0 Å². The molecule has 4 nitrogen and oxygen atoms in total. The van der Waals surface area contributed by atoms with Crippen LogP contribution in [0.3, 0.4) is 0 Å². The van der Waals surface area contributed by atoms with Gasteiger partial charge in [-0.25, -0.2) is 9.59 Å². The summed E-state index contributed by atoms with van der Waals surface area (Å²) in [4.78, 5) is 22.2. The van der Waals surface area contributed by atoms with Crippen molar-refractivity contribution in [2.75, 3.05) is 0 Å². The highest BCUT2D eigenvalue weighted by atomic mass is 35.5. The Morgan fingerprint density at radius 2 is 1.94 bits per heavy atom. The van der Waals surface area contributed by atoms with Crippen LogP contribution in [0.1, 0.15) is 35.7 Å². The van der Waals surface area contributed by atoms with E-state index in [1.54, 1.807) is 6.07 Å². The topological polar surface area (TPSA) is 67.5 Å². The summed E-state index contributed by atoms with van der Waals surface area (Å²) in [6.07, 6.45) is 0. The SMILES string of the molecule is CC(C)c1ccc2oc(=O)c(C(=O)O)cc2c1.Cl. The summed E-state index contributed by atoms with van der Waals surface area (Å²) >= 11 is 0. The van der Waals surface area contributed by atoms with Crippen LogP contribution in [-0.4, -0.2) is 11.1 Å². The van der Waals surface area contributed by atoms with Crippen LogP contribution < -0.4 is 5.63 Å². The summed E-state index contributed by atoms with van der Waals surface area (Å²) in [6.45, 7) is 4.08. The molecule has 5 heteroatoms. The van der Waals surface area contributed by atoms with Crippen LogP contribution in [0.25, 0.3) is 11.0 Å². The summed E-state index contributed by atoms with van der Waals surface area (Å²) in [5, 5.41) is 9.48. The molecule has 0 aliphatic heterocycles. The van der Waals surface area contributed by atoms with E-state index in [9.17, 15) is 9.59 Å². The van der Waals surface area contributed by atoms with Gasteiger partial charge >= 0.3 is 11.6 Å². The van der Waals surface area contributed by atoms with E-state index < -0.39 is 11.6 Å². The normalized spacial score (nSPS) is 10.4. The van der Waals surface area contributed by atoms with Crippen molar-refractivity contribution >= 4 is 29.3 Å². The van der Waals surface area contributed by atoms with Crippen molar-refractivity contribution in [2.45, 2.75) is 19.8 Å². The van der Waals surface area contributed by atoms with E-state index >= 15 is 0 Å². The predicted molar refractivity (Wildman–Crippen MR) is 70.8 cm³/mol. The number of hydrogen-bond acceptors (Lipinski definition) is 3. The van der Waals surface area contributed by atoms with E-state index in [2.05, 4.69) is 0 Å². The molecular formula is C13H13ClO4. The number of hydrogen-bond donors (Lipinski definition) is 1. The van der Waals surface area contributed by atoms with Gasteiger partial charge in [0.1, 0.15) is 11.1 Å². The van der Waals surface area contributed by atoms with E-state index in [1.165, 1.54) is 6.07 Å². The van der Waals surface area contributed by atoms with Crippen LogP contribution in [0.2, 0.25) is 0 Å². The monoisotopic (exact) mass is 268 g/mol. The Labute approximate surface area is 110 Å². The largest absolute Gasteiger partial charge is 0.477 e. The second kappa shape index (κ2) is 5.23. The van der Waals surface area contributed by atoms with Crippen LogP contribution in [0, 0.1) is 0 Å². The molecule has 0 aliphatic carbocycles. The van der Waals surface area contributed by atoms with Crippen molar-refractivity contribution < 1.29 is 14.3 Å². The summed E-state index contributed by atoms with van der Waals surface area (Å²) in [5.74, 6) is -0.935. The number of fused-ring (bicyclic) bond motifs is 1. The maximum absolute atomic E-state index is 11.3. The minimum atomic E-state index is -1.27. The van der Waals surface area contributed by atoms with Gasteiger partial charge in [0.2, 0.25) is 0 Å². The molecule has 1 heterocycles. The third kappa shape index (κ3) is 2.54. The number of aromatic carboxylic acids is 1. The summed E-state index contributed by atoms with van der Waals surface area (Å²) in [7, 11) is 0. The molecule has 0 saturated heterocycles. The Morgan fingerprint density at radius 3 is 2.50 bits per heavy atom. The van der Waals surface area contributed by atoms with E-state index in [0.29, 0.717) is 16.9 Å². The fraction of sp³-hybridized carbons (Fsp3) is 0.231. The van der Waals surface area contributed by atoms with Crippen molar-refractivity contribution in [3.05, 3.63) is 45.8 Å². The second-order valence-corrected chi connectivity index (χ2v) is 4.20. The Bertz CT molecular complexity index is 643. The Hall–Kier alpha value is -1.81. The maximum atomic E-state index is 11.3. The average molecular weight is 269 g/mol. The highest BCUT2D eigenvalue weighted by molar-refractivity contribution is 5.91. The number of halogens is 1. The number of carboxylic acid groups (broad SMARTS) is 1. The van der Waals surface area contributed by atoms with Gasteiger partial charge in [0.25, 0.3) is 0 Å². The quantitative estimate of drug-likeness (QED) is 0.850. The van der Waals surface area contributed by atoms with Gasteiger partial charge in [-0.15, -0.1) is 12.4 Å². The molecule has 1 aromatic carbocycles. The number of carboxylic acids is 1. The first-order valence-corrected chi connectivity index (χ1v) is 5.30. The van der Waals surface area contributed by atoms with Crippen LogP contribution in [0.4, 0.5) is 0 Å². The van der Waals surface area contributed by atoms with E-state index in [1.807, 2.05) is 26.0 Å². The van der Waals surface area contributed by atoms with Crippen molar-refractivity contribution in [1.82, 2.24) is 0 Å². The fourth-order valence-electron chi connectivity index (χ4n) is 1.65. The van der Waals surface area contributed by atoms with Crippen LogP contribution in [0.15, 0.2) is 33.5 Å². The Morgan fingerprint density at radius 1 is 1.28 bits per heavy atom.